The van der Waals surface area contributed by atoms with E-state index in [4.69, 9.17) is 0 Å². The van der Waals surface area contributed by atoms with Crippen molar-refractivity contribution in [1.29, 1.82) is 0 Å². The van der Waals surface area contributed by atoms with E-state index in [-0.39, 0.29) is 4.90 Å². The number of hydrogen-bond donors (Lipinski definition) is 1. The van der Waals surface area contributed by atoms with Crippen LogP contribution in [0.15, 0.2) is 52.7 Å². The molecule has 168 valence electrons. The number of fused-ring (bicyclic) bond motifs is 1. The summed E-state index contributed by atoms with van der Waals surface area (Å²) in [6.45, 7) is 3.99. The Morgan fingerprint density at radius 1 is 1.12 bits per heavy atom. The molecule has 1 saturated carbocycles. The van der Waals surface area contributed by atoms with Crippen molar-refractivity contribution >= 4 is 27.2 Å². The number of sulfonamides is 1. The highest BCUT2D eigenvalue weighted by Gasteiger charge is 2.29. The maximum atomic E-state index is 13.1. The third kappa shape index (κ3) is 4.44. The van der Waals surface area contributed by atoms with Gasteiger partial charge in [-0.05, 0) is 60.1 Å². The Balaban J connectivity index is 1.31. The average molecular weight is 469 g/mol. The first kappa shape index (κ1) is 21.6. The summed E-state index contributed by atoms with van der Waals surface area (Å²) in [6, 6.07) is 13.2. The molecular formula is C24H28N4O2S2. The molecule has 0 amide bonds. The Morgan fingerprint density at radius 2 is 1.91 bits per heavy atom. The van der Waals surface area contributed by atoms with Gasteiger partial charge in [0.25, 0.3) is 10.0 Å². The van der Waals surface area contributed by atoms with Crippen LogP contribution in [0, 0.1) is 5.92 Å². The zero-order chi connectivity index (χ0) is 22.1. The fourth-order valence-electron chi connectivity index (χ4n) is 5.03. The molecule has 2 aromatic carbocycles. The van der Waals surface area contributed by atoms with Gasteiger partial charge in [0.1, 0.15) is 5.69 Å². The third-order valence-electron chi connectivity index (χ3n) is 6.84. The number of nitrogens with one attached hydrogen (secondary N) is 1. The van der Waals surface area contributed by atoms with Crippen LogP contribution in [0.25, 0.3) is 11.3 Å². The van der Waals surface area contributed by atoms with Crippen LogP contribution in [0.4, 0.5) is 5.69 Å². The first-order chi connectivity index (χ1) is 15.5. The van der Waals surface area contributed by atoms with Gasteiger partial charge in [-0.1, -0.05) is 54.4 Å². The minimum absolute atomic E-state index is 0.242. The van der Waals surface area contributed by atoms with Gasteiger partial charge in [-0.3, -0.25) is 9.62 Å². The molecule has 32 heavy (non-hydrogen) atoms. The lowest BCUT2D eigenvalue weighted by Crippen LogP contribution is -2.29. The van der Waals surface area contributed by atoms with E-state index in [9.17, 15) is 8.42 Å². The largest absolute Gasteiger partial charge is 0.292 e. The lowest BCUT2D eigenvalue weighted by molar-refractivity contribution is 0.183. The van der Waals surface area contributed by atoms with Crippen molar-refractivity contribution in [2.75, 3.05) is 4.72 Å². The van der Waals surface area contributed by atoms with E-state index in [1.165, 1.54) is 49.2 Å². The second-order valence-electron chi connectivity index (χ2n) is 9.00. The summed E-state index contributed by atoms with van der Waals surface area (Å²) in [5, 5.41) is 5.88. The van der Waals surface area contributed by atoms with Gasteiger partial charge < -0.3 is 0 Å². The molecule has 3 aromatic rings. The second-order valence-corrected chi connectivity index (χ2v) is 11.3. The number of rotatable bonds is 7. The summed E-state index contributed by atoms with van der Waals surface area (Å²) in [5.74, 6) is 0.842. The molecule has 2 heterocycles. The minimum Gasteiger partial charge on any atom is -0.292 e. The Bertz CT molecular complexity index is 1170. The molecule has 1 N–H and O–H groups in total. The van der Waals surface area contributed by atoms with Gasteiger partial charge in [-0.25, -0.2) is 8.42 Å². The second kappa shape index (κ2) is 8.92. The van der Waals surface area contributed by atoms with Crippen molar-refractivity contribution < 1.29 is 8.42 Å². The van der Waals surface area contributed by atoms with E-state index >= 15 is 0 Å². The lowest BCUT2D eigenvalue weighted by Gasteiger charge is -2.26. The number of benzene rings is 2. The van der Waals surface area contributed by atoms with Gasteiger partial charge in [-0.15, -0.1) is 5.10 Å². The number of anilines is 1. The Hall–Kier alpha value is -2.29. The van der Waals surface area contributed by atoms with Crippen LogP contribution in [0.3, 0.4) is 0 Å². The molecule has 0 bridgehead atoms. The molecule has 5 rings (SSSR count). The van der Waals surface area contributed by atoms with Crippen LogP contribution in [0.5, 0.6) is 0 Å². The van der Waals surface area contributed by atoms with Crippen LogP contribution in [0.2, 0.25) is 0 Å². The Morgan fingerprint density at radius 3 is 2.62 bits per heavy atom. The topological polar surface area (TPSA) is 75.2 Å². The van der Waals surface area contributed by atoms with Crippen LogP contribution >= 0.6 is 11.5 Å². The van der Waals surface area contributed by atoms with Crippen molar-refractivity contribution in [3.8, 4) is 11.3 Å². The quantitative estimate of drug-likeness (QED) is 0.510. The maximum Gasteiger partial charge on any atom is 0.261 e. The molecule has 0 radical (unpaired) electrons. The fraction of sp³-hybridized carbons (Fsp3) is 0.417. The first-order valence-electron chi connectivity index (χ1n) is 11.2. The molecule has 2 aliphatic rings. The molecule has 1 fully saturated rings. The number of hydrogen-bond acceptors (Lipinski definition) is 6. The lowest BCUT2D eigenvalue weighted by atomic mass is 9.98. The van der Waals surface area contributed by atoms with E-state index in [1.54, 1.807) is 24.3 Å². The van der Waals surface area contributed by atoms with E-state index < -0.39 is 10.0 Å². The highest BCUT2D eigenvalue weighted by Crippen LogP contribution is 2.35. The van der Waals surface area contributed by atoms with E-state index in [1.807, 2.05) is 17.5 Å². The van der Waals surface area contributed by atoms with Crippen molar-refractivity contribution in [2.45, 2.75) is 63.1 Å². The van der Waals surface area contributed by atoms with E-state index in [0.717, 1.165) is 35.8 Å². The van der Waals surface area contributed by atoms with Crippen LogP contribution in [-0.4, -0.2) is 28.9 Å². The standard InChI is InChI=1S/C24H28N4O2S2/c1-17(13-18-5-2-3-6-18)28-14-20-7-4-8-23(22(20)15-28)26-32(29,30)21-11-9-19(10-12-21)24-16-31-27-25-24/h4,7-12,16-18,26H,2-3,5-6,13-15H2,1H3/t17-/m0/s1. The van der Waals surface area contributed by atoms with Gasteiger partial charge in [0.15, 0.2) is 0 Å². The summed E-state index contributed by atoms with van der Waals surface area (Å²) in [4.78, 5) is 2.73. The van der Waals surface area contributed by atoms with Gasteiger partial charge in [0.05, 0.1) is 10.6 Å². The van der Waals surface area contributed by atoms with Gasteiger partial charge in [0, 0.05) is 30.1 Å². The summed E-state index contributed by atoms with van der Waals surface area (Å²) < 4.78 is 32.9. The van der Waals surface area contributed by atoms with E-state index in [0.29, 0.717) is 11.7 Å². The summed E-state index contributed by atoms with van der Waals surface area (Å²) in [7, 11) is -3.68. The zero-order valence-electron chi connectivity index (χ0n) is 18.2. The van der Waals surface area contributed by atoms with Gasteiger partial charge in [0.2, 0.25) is 0 Å². The monoisotopic (exact) mass is 468 g/mol. The highest BCUT2D eigenvalue weighted by molar-refractivity contribution is 7.92. The van der Waals surface area contributed by atoms with Crippen molar-refractivity contribution in [2.24, 2.45) is 5.92 Å². The summed E-state index contributed by atoms with van der Waals surface area (Å²) in [6.07, 6.45) is 6.67. The minimum atomic E-state index is -3.68. The predicted molar refractivity (Wildman–Crippen MR) is 128 cm³/mol. The number of nitrogens with zero attached hydrogens (tertiary/aromatic N) is 3. The molecular weight excluding hydrogens is 440 g/mol. The summed E-state index contributed by atoms with van der Waals surface area (Å²) >= 11 is 1.27. The molecule has 1 aliphatic heterocycles. The smallest absolute Gasteiger partial charge is 0.261 e. The van der Waals surface area contributed by atoms with E-state index in [2.05, 4.69) is 32.2 Å². The van der Waals surface area contributed by atoms with Crippen LogP contribution in [-0.2, 0) is 23.1 Å². The van der Waals surface area contributed by atoms with Crippen molar-refractivity contribution in [3.63, 3.8) is 0 Å². The normalized spacial score (nSPS) is 18.0. The van der Waals surface area contributed by atoms with Gasteiger partial charge in [-0.2, -0.15) is 0 Å². The van der Waals surface area contributed by atoms with Crippen LogP contribution in [0.1, 0.15) is 50.2 Å². The third-order valence-corrected chi connectivity index (χ3v) is 8.73. The highest BCUT2D eigenvalue weighted by atomic mass is 32.2. The fourth-order valence-corrected chi connectivity index (χ4v) is 6.59. The Labute approximate surface area is 193 Å². The molecule has 1 atom stereocenters. The van der Waals surface area contributed by atoms with Gasteiger partial charge >= 0.3 is 0 Å². The first-order valence-corrected chi connectivity index (χ1v) is 13.6. The zero-order valence-corrected chi connectivity index (χ0v) is 19.8. The van der Waals surface area contributed by atoms with Crippen LogP contribution < -0.4 is 4.72 Å². The molecule has 0 spiro atoms. The molecule has 1 aromatic heterocycles. The predicted octanol–water partition coefficient (Wildman–Crippen LogP) is 5.29. The maximum absolute atomic E-state index is 13.1. The summed E-state index contributed by atoms with van der Waals surface area (Å²) in [5.41, 5.74) is 4.60. The van der Waals surface area contributed by atoms with Crippen molar-refractivity contribution in [1.82, 2.24) is 14.5 Å². The molecule has 6 nitrogen and oxygen atoms in total. The SMILES string of the molecule is C[C@@H](CC1CCCC1)N1Cc2cccc(NS(=O)(=O)c3ccc(-c4csnn4)cc3)c2C1. The van der Waals surface area contributed by atoms with Crippen molar-refractivity contribution in [3.05, 3.63) is 59.0 Å². The molecule has 0 unspecified atom stereocenters. The Kier molecular flexibility index (Phi) is 6.01. The number of aromatic nitrogens is 2. The molecule has 1 aliphatic carbocycles. The molecule has 0 saturated heterocycles. The average Bonchev–Trinajstić information content (AvgIpc) is 3.55. The molecule has 8 heteroatoms.